The summed E-state index contributed by atoms with van der Waals surface area (Å²) in [6, 6.07) is 3.77. The van der Waals surface area contributed by atoms with E-state index in [-0.39, 0.29) is 5.91 Å². The highest BCUT2D eigenvalue weighted by Gasteiger charge is 2.09. The molecular formula is C12H20N4O. The van der Waals surface area contributed by atoms with E-state index in [2.05, 4.69) is 41.6 Å². The van der Waals surface area contributed by atoms with Crippen LogP contribution in [0, 0.1) is 5.92 Å². The second kappa shape index (κ2) is 6.18. The van der Waals surface area contributed by atoms with Crippen molar-refractivity contribution < 1.29 is 4.79 Å². The van der Waals surface area contributed by atoms with Crippen LogP contribution in [0.25, 0.3) is 0 Å². The normalized spacial score (nSPS) is 12.3. The summed E-state index contributed by atoms with van der Waals surface area (Å²) in [7, 11) is 0. The summed E-state index contributed by atoms with van der Waals surface area (Å²) in [4.78, 5) is 11.5. The number of nitrogens with one attached hydrogen (secondary N) is 2. The van der Waals surface area contributed by atoms with Gasteiger partial charge in [-0.3, -0.25) is 4.79 Å². The van der Waals surface area contributed by atoms with Gasteiger partial charge in [-0.2, -0.15) is 0 Å². The number of anilines is 1. The Morgan fingerprint density at radius 3 is 2.47 bits per heavy atom. The largest absolute Gasteiger partial charge is 0.366 e. The Morgan fingerprint density at radius 2 is 2.00 bits per heavy atom. The van der Waals surface area contributed by atoms with Crippen molar-refractivity contribution >= 4 is 11.7 Å². The average molecular weight is 236 g/mol. The van der Waals surface area contributed by atoms with Crippen molar-refractivity contribution in [2.24, 2.45) is 5.92 Å². The Balaban J connectivity index is 2.65. The van der Waals surface area contributed by atoms with Crippen LogP contribution in [0.2, 0.25) is 0 Å². The zero-order valence-electron chi connectivity index (χ0n) is 10.8. The molecule has 0 aliphatic heterocycles. The summed E-state index contributed by atoms with van der Waals surface area (Å²) in [6.45, 7) is 8.81. The molecule has 0 spiro atoms. The van der Waals surface area contributed by atoms with Gasteiger partial charge in [0.05, 0.1) is 0 Å². The van der Waals surface area contributed by atoms with E-state index >= 15 is 0 Å². The lowest BCUT2D eigenvalue weighted by Crippen LogP contribution is -2.25. The molecule has 1 amide bonds. The molecule has 0 aliphatic rings. The predicted octanol–water partition coefficient (Wildman–Crippen LogP) is 1.68. The molecule has 0 aliphatic carbocycles. The first-order valence-corrected chi connectivity index (χ1v) is 5.93. The van der Waals surface area contributed by atoms with Gasteiger partial charge in [-0.25, -0.2) is 0 Å². The quantitative estimate of drug-likeness (QED) is 0.816. The van der Waals surface area contributed by atoms with Crippen LogP contribution in [0.3, 0.4) is 0 Å². The number of carbonyl (C=O) groups is 1. The lowest BCUT2D eigenvalue weighted by atomic mass is 10.1. The van der Waals surface area contributed by atoms with Gasteiger partial charge < -0.3 is 10.6 Å². The fourth-order valence-corrected chi connectivity index (χ4v) is 1.18. The van der Waals surface area contributed by atoms with Gasteiger partial charge in [0.2, 0.25) is 0 Å². The van der Waals surface area contributed by atoms with Gasteiger partial charge in [0.15, 0.2) is 5.69 Å². The molecule has 5 heteroatoms. The first kappa shape index (κ1) is 13.4. The van der Waals surface area contributed by atoms with Crippen molar-refractivity contribution in [2.45, 2.75) is 33.7 Å². The fourth-order valence-electron chi connectivity index (χ4n) is 1.18. The van der Waals surface area contributed by atoms with Crippen LogP contribution in [-0.2, 0) is 0 Å². The van der Waals surface area contributed by atoms with Crippen molar-refractivity contribution in [2.75, 3.05) is 11.9 Å². The molecule has 94 valence electrons. The molecule has 0 fully saturated rings. The topological polar surface area (TPSA) is 66.9 Å². The summed E-state index contributed by atoms with van der Waals surface area (Å²) < 4.78 is 0. The molecule has 0 bridgehead atoms. The van der Waals surface area contributed by atoms with Crippen molar-refractivity contribution in [3.8, 4) is 0 Å². The second-order valence-corrected chi connectivity index (χ2v) is 4.34. The highest BCUT2D eigenvalue weighted by Crippen LogP contribution is 2.09. The number of hydrogen-bond donors (Lipinski definition) is 2. The SMILES string of the molecule is CCNC(=O)c1ccc(NC(C)C(C)C)nn1. The standard InChI is InChI=1S/C12H20N4O/c1-5-13-12(17)10-6-7-11(16-15-10)14-9(4)8(2)3/h6-9H,5H2,1-4H3,(H,13,17)(H,14,16). The third-order valence-electron chi connectivity index (χ3n) is 2.61. The van der Waals surface area contributed by atoms with Crippen LogP contribution >= 0.6 is 0 Å². The molecule has 0 saturated carbocycles. The number of nitrogens with zero attached hydrogens (tertiary/aromatic N) is 2. The van der Waals surface area contributed by atoms with E-state index in [0.29, 0.717) is 30.0 Å². The van der Waals surface area contributed by atoms with Gasteiger partial charge in [0, 0.05) is 12.6 Å². The minimum absolute atomic E-state index is 0.191. The van der Waals surface area contributed by atoms with E-state index in [9.17, 15) is 4.79 Å². The van der Waals surface area contributed by atoms with E-state index < -0.39 is 0 Å². The van der Waals surface area contributed by atoms with E-state index in [1.54, 1.807) is 12.1 Å². The number of aromatic nitrogens is 2. The van der Waals surface area contributed by atoms with Gasteiger partial charge in [0.25, 0.3) is 5.91 Å². The first-order valence-electron chi connectivity index (χ1n) is 5.93. The van der Waals surface area contributed by atoms with Crippen LogP contribution in [0.1, 0.15) is 38.2 Å². The van der Waals surface area contributed by atoms with Gasteiger partial charge in [-0.15, -0.1) is 10.2 Å². The van der Waals surface area contributed by atoms with E-state index in [1.807, 2.05) is 6.92 Å². The Hall–Kier alpha value is -1.65. The zero-order valence-corrected chi connectivity index (χ0v) is 10.8. The molecule has 17 heavy (non-hydrogen) atoms. The lowest BCUT2D eigenvalue weighted by molar-refractivity contribution is 0.0950. The maximum atomic E-state index is 11.5. The Morgan fingerprint density at radius 1 is 1.29 bits per heavy atom. The van der Waals surface area contributed by atoms with Crippen LogP contribution in [-0.4, -0.2) is 28.7 Å². The highest BCUT2D eigenvalue weighted by atomic mass is 16.1. The molecule has 0 aromatic carbocycles. The Kier molecular flexibility index (Phi) is 4.87. The van der Waals surface area contributed by atoms with Gasteiger partial charge in [-0.1, -0.05) is 13.8 Å². The van der Waals surface area contributed by atoms with Crippen molar-refractivity contribution in [1.29, 1.82) is 0 Å². The molecule has 1 aromatic heterocycles. The fraction of sp³-hybridized carbons (Fsp3) is 0.583. The number of rotatable bonds is 5. The smallest absolute Gasteiger partial charge is 0.271 e. The van der Waals surface area contributed by atoms with Crippen LogP contribution in [0.15, 0.2) is 12.1 Å². The van der Waals surface area contributed by atoms with Crippen LogP contribution in [0.5, 0.6) is 0 Å². The summed E-state index contributed by atoms with van der Waals surface area (Å²) in [5.74, 6) is 1.02. The van der Waals surface area contributed by atoms with E-state index in [1.165, 1.54) is 0 Å². The molecule has 0 saturated heterocycles. The monoisotopic (exact) mass is 236 g/mol. The van der Waals surface area contributed by atoms with Gasteiger partial charge >= 0.3 is 0 Å². The Labute approximate surface area is 102 Å². The summed E-state index contributed by atoms with van der Waals surface area (Å²) in [5, 5.41) is 13.8. The van der Waals surface area contributed by atoms with Gasteiger partial charge in [-0.05, 0) is 31.9 Å². The number of amides is 1. The minimum atomic E-state index is -0.191. The molecule has 1 unspecified atom stereocenters. The maximum absolute atomic E-state index is 11.5. The summed E-state index contributed by atoms with van der Waals surface area (Å²) in [6.07, 6.45) is 0. The highest BCUT2D eigenvalue weighted by molar-refractivity contribution is 5.92. The first-order chi connectivity index (χ1) is 8.04. The number of hydrogen-bond acceptors (Lipinski definition) is 4. The molecule has 5 nitrogen and oxygen atoms in total. The summed E-state index contributed by atoms with van der Waals surface area (Å²) in [5.41, 5.74) is 0.342. The minimum Gasteiger partial charge on any atom is -0.366 e. The molecular weight excluding hydrogens is 216 g/mol. The lowest BCUT2D eigenvalue weighted by Gasteiger charge is -2.17. The molecule has 1 aromatic rings. The van der Waals surface area contributed by atoms with Crippen LogP contribution < -0.4 is 10.6 Å². The van der Waals surface area contributed by atoms with Crippen molar-refractivity contribution in [3.63, 3.8) is 0 Å². The van der Waals surface area contributed by atoms with Crippen molar-refractivity contribution in [3.05, 3.63) is 17.8 Å². The third kappa shape index (κ3) is 4.01. The molecule has 2 N–H and O–H groups in total. The average Bonchev–Trinajstić information content (AvgIpc) is 2.30. The maximum Gasteiger partial charge on any atom is 0.271 e. The predicted molar refractivity (Wildman–Crippen MR) is 68.0 cm³/mol. The number of carbonyl (C=O) groups excluding carboxylic acids is 1. The second-order valence-electron chi connectivity index (χ2n) is 4.34. The Bertz CT molecular complexity index is 361. The van der Waals surface area contributed by atoms with Gasteiger partial charge in [0.1, 0.15) is 5.82 Å². The van der Waals surface area contributed by atoms with E-state index in [0.717, 1.165) is 0 Å². The third-order valence-corrected chi connectivity index (χ3v) is 2.61. The molecule has 1 heterocycles. The molecule has 0 radical (unpaired) electrons. The van der Waals surface area contributed by atoms with Crippen LogP contribution in [0.4, 0.5) is 5.82 Å². The molecule has 1 rings (SSSR count). The molecule has 1 atom stereocenters. The summed E-state index contributed by atoms with van der Waals surface area (Å²) >= 11 is 0. The van der Waals surface area contributed by atoms with Crippen molar-refractivity contribution in [1.82, 2.24) is 15.5 Å². The zero-order chi connectivity index (χ0) is 12.8. The van der Waals surface area contributed by atoms with E-state index in [4.69, 9.17) is 0 Å².